The zero-order valence-electron chi connectivity index (χ0n) is 11.8. The summed E-state index contributed by atoms with van der Waals surface area (Å²) in [4.78, 5) is 15.5. The molecule has 3 nitrogen and oxygen atoms in total. The van der Waals surface area contributed by atoms with Crippen LogP contribution in [0.5, 0.6) is 0 Å². The zero-order valence-corrected chi connectivity index (χ0v) is 11.8. The SMILES string of the molecule is CCc1cc(CC)c(C=C2C(=O)Nc3ccccc32)[nH]1. The summed E-state index contributed by atoms with van der Waals surface area (Å²) >= 11 is 0. The minimum absolute atomic E-state index is 0.0269. The third-order valence-corrected chi connectivity index (χ3v) is 3.75. The third-order valence-electron chi connectivity index (χ3n) is 3.75. The van der Waals surface area contributed by atoms with E-state index in [-0.39, 0.29) is 5.91 Å². The molecular weight excluding hydrogens is 248 g/mol. The van der Waals surface area contributed by atoms with Gasteiger partial charge in [-0.2, -0.15) is 0 Å². The normalized spacial score (nSPS) is 15.5. The lowest BCUT2D eigenvalue weighted by atomic mass is 10.0. The Hall–Kier alpha value is -2.29. The van der Waals surface area contributed by atoms with Crippen LogP contribution in [0.1, 0.15) is 36.4 Å². The lowest BCUT2D eigenvalue weighted by Crippen LogP contribution is -2.03. The van der Waals surface area contributed by atoms with Gasteiger partial charge >= 0.3 is 0 Å². The predicted octanol–water partition coefficient (Wildman–Crippen LogP) is 3.63. The fourth-order valence-electron chi connectivity index (χ4n) is 2.62. The van der Waals surface area contributed by atoms with Crippen LogP contribution in [0.4, 0.5) is 5.69 Å². The first kappa shape index (κ1) is 12.7. The predicted molar refractivity (Wildman–Crippen MR) is 82.5 cm³/mol. The van der Waals surface area contributed by atoms with Crippen LogP contribution >= 0.6 is 0 Å². The number of H-pyrrole nitrogens is 1. The molecule has 1 aliphatic heterocycles. The van der Waals surface area contributed by atoms with E-state index in [1.165, 1.54) is 11.3 Å². The van der Waals surface area contributed by atoms with Crippen LogP contribution in [0.2, 0.25) is 0 Å². The highest BCUT2D eigenvalue weighted by atomic mass is 16.2. The maximum Gasteiger partial charge on any atom is 0.256 e. The number of aryl methyl sites for hydroxylation is 2. The summed E-state index contributed by atoms with van der Waals surface area (Å²) in [6, 6.07) is 9.99. The van der Waals surface area contributed by atoms with Crippen LogP contribution in [0, 0.1) is 0 Å². The second-order valence-electron chi connectivity index (χ2n) is 5.00. The largest absolute Gasteiger partial charge is 0.359 e. The quantitative estimate of drug-likeness (QED) is 0.819. The molecule has 1 amide bonds. The molecule has 0 spiro atoms. The molecule has 2 heterocycles. The minimum atomic E-state index is -0.0269. The van der Waals surface area contributed by atoms with E-state index < -0.39 is 0 Å². The standard InChI is InChI=1S/C17H18N2O/c1-3-11-9-12(4-2)18-16(11)10-14-13-7-5-6-8-15(13)19-17(14)20/h5-10,18H,3-4H2,1-2H3,(H,19,20). The summed E-state index contributed by atoms with van der Waals surface area (Å²) in [5, 5.41) is 2.90. The lowest BCUT2D eigenvalue weighted by Gasteiger charge is -1.99. The summed E-state index contributed by atoms with van der Waals surface area (Å²) in [7, 11) is 0. The Morgan fingerprint density at radius 3 is 2.70 bits per heavy atom. The Kier molecular flexibility index (Phi) is 3.18. The maximum absolute atomic E-state index is 12.1. The van der Waals surface area contributed by atoms with E-state index in [4.69, 9.17) is 0 Å². The number of amides is 1. The van der Waals surface area contributed by atoms with Crippen molar-refractivity contribution in [1.29, 1.82) is 0 Å². The van der Waals surface area contributed by atoms with E-state index in [0.717, 1.165) is 35.4 Å². The molecule has 0 saturated carbocycles. The van der Waals surface area contributed by atoms with Crippen molar-refractivity contribution < 1.29 is 4.79 Å². The van der Waals surface area contributed by atoms with Gasteiger partial charge in [-0.15, -0.1) is 0 Å². The van der Waals surface area contributed by atoms with Gasteiger partial charge in [-0.3, -0.25) is 4.79 Å². The smallest absolute Gasteiger partial charge is 0.256 e. The van der Waals surface area contributed by atoms with Crippen LogP contribution in [-0.2, 0) is 17.6 Å². The number of nitrogens with one attached hydrogen (secondary N) is 2. The zero-order chi connectivity index (χ0) is 14.1. The average Bonchev–Trinajstić information content (AvgIpc) is 3.01. The first-order valence-electron chi connectivity index (χ1n) is 7.06. The molecule has 1 aliphatic rings. The van der Waals surface area contributed by atoms with E-state index in [0.29, 0.717) is 0 Å². The second kappa shape index (κ2) is 5.00. The third kappa shape index (κ3) is 2.05. The van der Waals surface area contributed by atoms with Gasteiger partial charge in [-0.25, -0.2) is 0 Å². The van der Waals surface area contributed by atoms with E-state index in [1.807, 2.05) is 30.3 Å². The van der Waals surface area contributed by atoms with Crippen molar-refractivity contribution in [2.75, 3.05) is 5.32 Å². The molecule has 3 heteroatoms. The summed E-state index contributed by atoms with van der Waals surface area (Å²) in [5.41, 5.74) is 6.12. The number of carbonyl (C=O) groups excluding carboxylic acids is 1. The fourth-order valence-corrected chi connectivity index (χ4v) is 2.62. The molecule has 3 rings (SSSR count). The molecule has 102 valence electrons. The molecule has 0 saturated heterocycles. The number of para-hydroxylation sites is 1. The van der Waals surface area contributed by atoms with Crippen LogP contribution in [0.15, 0.2) is 30.3 Å². The van der Waals surface area contributed by atoms with Gasteiger partial charge in [0, 0.05) is 22.6 Å². The molecule has 0 fully saturated rings. The maximum atomic E-state index is 12.1. The molecule has 0 atom stereocenters. The number of carbonyl (C=O) groups is 1. The number of hydrogen-bond acceptors (Lipinski definition) is 1. The van der Waals surface area contributed by atoms with Gasteiger partial charge in [-0.05, 0) is 36.6 Å². The first-order valence-corrected chi connectivity index (χ1v) is 7.06. The number of benzene rings is 1. The topological polar surface area (TPSA) is 44.9 Å². The van der Waals surface area contributed by atoms with Gasteiger partial charge in [0.2, 0.25) is 0 Å². The highest BCUT2D eigenvalue weighted by Crippen LogP contribution is 2.33. The summed E-state index contributed by atoms with van der Waals surface area (Å²) < 4.78 is 0. The van der Waals surface area contributed by atoms with Crippen molar-refractivity contribution in [2.45, 2.75) is 26.7 Å². The number of anilines is 1. The monoisotopic (exact) mass is 266 g/mol. The van der Waals surface area contributed by atoms with Crippen molar-refractivity contribution >= 4 is 23.2 Å². The molecule has 1 aromatic heterocycles. The molecule has 2 aromatic rings. The number of aromatic nitrogens is 1. The van der Waals surface area contributed by atoms with Crippen molar-refractivity contribution in [3.8, 4) is 0 Å². The minimum Gasteiger partial charge on any atom is -0.359 e. The van der Waals surface area contributed by atoms with Gasteiger partial charge in [0.05, 0.1) is 5.57 Å². The van der Waals surface area contributed by atoms with Crippen molar-refractivity contribution in [3.05, 3.63) is 52.8 Å². The average molecular weight is 266 g/mol. The van der Waals surface area contributed by atoms with Gasteiger partial charge in [-0.1, -0.05) is 32.0 Å². The molecule has 1 aromatic carbocycles. The number of aromatic amines is 1. The molecular formula is C17H18N2O. The molecule has 20 heavy (non-hydrogen) atoms. The molecule has 0 radical (unpaired) electrons. The van der Waals surface area contributed by atoms with Crippen molar-refractivity contribution in [1.82, 2.24) is 4.98 Å². The molecule has 2 N–H and O–H groups in total. The Balaban J connectivity index is 2.08. The summed E-state index contributed by atoms with van der Waals surface area (Å²) in [5.74, 6) is -0.0269. The Morgan fingerprint density at radius 1 is 1.15 bits per heavy atom. The van der Waals surface area contributed by atoms with E-state index in [9.17, 15) is 4.79 Å². The van der Waals surface area contributed by atoms with Crippen molar-refractivity contribution in [3.63, 3.8) is 0 Å². The van der Waals surface area contributed by atoms with E-state index in [1.54, 1.807) is 0 Å². The first-order chi connectivity index (χ1) is 9.72. The summed E-state index contributed by atoms with van der Waals surface area (Å²) in [6.07, 6.45) is 3.90. The van der Waals surface area contributed by atoms with Crippen LogP contribution < -0.4 is 5.32 Å². The summed E-state index contributed by atoms with van der Waals surface area (Å²) in [6.45, 7) is 4.26. The van der Waals surface area contributed by atoms with Crippen LogP contribution in [0.25, 0.3) is 11.6 Å². The number of hydrogen-bond donors (Lipinski definition) is 2. The van der Waals surface area contributed by atoms with Gasteiger partial charge in [0.25, 0.3) is 5.91 Å². The van der Waals surface area contributed by atoms with Gasteiger partial charge in [0.15, 0.2) is 0 Å². The van der Waals surface area contributed by atoms with Crippen LogP contribution in [-0.4, -0.2) is 10.9 Å². The molecule has 0 unspecified atom stereocenters. The van der Waals surface area contributed by atoms with Gasteiger partial charge < -0.3 is 10.3 Å². The van der Waals surface area contributed by atoms with E-state index >= 15 is 0 Å². The molecule has 0 bridgehead atoms. The Labute approximate surface area is 118 Å². The number of rotatable bonds is 3. The lowest BCUT2D eigenvalue weighted by molar-refractivity contribution is -0.110. The highest BCUT2D eigenvalue weighted by molar-refractivity contribution is 6.34. The fraction of sp³-hybridized carbons (Fsp3) is 0.235. The highest BCUT2D eigenvalue weighted by Gasteiger charge is 2.23. The van der Waals surface area contributed by atoms with Gasteiger partial charge in [0.1, 0.15) is 0 Å². The Morgan fingerprint density at radius 2 is 1.95 bits per heavy atom. The second-order valence-corrected chi connectivity index (χ2v) is 5.00. The van der Waals surface area contributed by atoms with Crippen molar-refractivity contribution in [2.24, 2.45) is 0 Å². The molecule has 0 aliphatic carbocycles. The van der Waals surface area contributed by atoms with E-state index in [2.05, 4.69) is 30.2 Å². The number of fused-ring (bicyclic) bond motifs is 1. The van der Waals surface area contributed by atoms with Crippen LogP contribution in [0.3, 0.4) is 0 Å². The Bertz CT molecular complexity index is 695.